The molecule has 0 radical (unpaired) electrons. The molecule has 0 fully saturated rings. The summed E-state index contributed by atoms with van der Waals surface area (Å²) in [5.41, 5.74) is 1.62. The fourth-order valence-corrected chi connectivity index (χ4v) is 5.06. The molecule has 0 saturated carbocycles. The zero-order valence-electron chi connectivity index (χ0n) is 15.2. The van der Waals surface area contributed by atoms with Crippen molar-refractivity contribution in [3.05, 3.63) is 45.8 Å². The fourth-order valence-electron chi connectivity index (χ4n) is 3.12. The number of amides is 1. The highest BCUT2D eigenvalue weighted by atomic mass is 32.2. The number of ether oxygens (including phenoxy) is 1. The van der Waals surface area contributed by atoms with E-state index >= 15 is 0 Å². The van der Waals surface area contributed by atoms with Gasteiger partial charge in [-0.1, -0.05) is 6.07 Å². The molecule has 0 atom stereocenters. The maximum atomic E-state index is 12.7. The third-order valence-corrected chi connectivity index (χ3v) is 6.72. The summed E-state index contributed by atoms with van der Waals surface area (Å²) in [7, 11) is -3.41. The lowest BCUT2D eigenvalue weighted by Crippen LogP contribution is -2.16. The van der Waals surface area contributed by atoms with E-state index in [1.807, 2.05) is 0 Å². The van der Waals surface area contributed by atoms with Crippen molar-refractivity contribution >= 4 is 38.1 Å². The van der Waals surface area contributed by atoms with Gasteiger partial charge in [0.15, 0.2) is 9.84 Å². The van der Waals surface area contributed by atoms with Crippen LogP contribution in [0.15, 0.2) is 29.2 Å². The van der Waals surface area contributed by atoms with Gasteiger partial charge in [0.2, 0.25) is 0 Å². The summed E-state index contributed by atoms with van der Waals surface area (Å²) in [6, 6.07) is 5.85. The Kier molecular flexibility index (Phi) is 5.67. The average molecular weight is 408 g/mol. The second-order valence-electron chi connectivity index (χ2n) is 6.39. The molecule has 1 N–H and O–H groups in total. The number of thiophene rings is 1. The fraction of sp³-hybridized carbons (Fsp3) is 0.368. The summed E-state index contributed by atoms with van der Waals surface area (Å²) in [6.07, 6.45) is 4.82. The molecule has 1 aliphatic rings. The Balaban J connectivity index is 1.94. The van der Waals surface area contributed by atoms with Crippen LogP contribution in [-0.2, 0) is 27.4 Å². The number of hydrogen-bond acceptors (Lipinski definition) is 6. The summed E-state index contributed by atoms with van der Waals surface area (Å²) in [5, 5.41) is 3.25. The normalized spacial score (nSPS) is 13.7. The second-order valence-corrected chi connectivity index (χ2v) is 9.51. The summed E-state index contributed by atoms with van der Waals surface area (Å²) in [6.45, 7) is 2.00. The van der Waals surface area contributed by atoms with Crippen molar-refractivity contribution in [1.29, 1.82) is 0 Å². The van der Waals surface area contributed by atoms with Crippen LogP contribution >= 0.6 is 11.3 Å². The van der Waals surface area contributed by atoms with Crippen LogP contribution in [0.1, 0.15) is 50.9 Å². The van der Waals surface area contributed by atoms with Crippen molar-refractivity contribution in [1.82, 2.24) is 0 Å². The van der Waals surface area contributed by atoms with Crippen molar-refractivity contribution in [2.45, 2.75) is 37.5 Å². The molecule has 1 aliphatic carbocycles. The topological polar surface area (TPSA) is 89.5 Å². The van der Waals surface area contributed by atoms with Gasteiger partial charge in [-0.05, 0) is 56.4 Å². The molecule has 0 aliphatic heterocycles. The van der Waals surface area contributed by atoms with E-state index < -0.39 is 21.7 Å². The van der Waals surface area contributed by atoms with E-state index in [9.17, 15) is 18.0 Å². The van der Waals surface area contributed by atoms with Crippen LogP contribution in [0.5, 0.6) is 0 Å². The van der Waals surface area contributed by atoms with Gasteiger partial charge in [0.1, 0.15) is 5.00 Å². The van der Waals surface area contributed by atoms with Crippen LogP contribution < -0.4 is 5.32 Å². The van der Waals surface area contributed by atoms with E-state index in [4.69, 9.17) is 4.74 Å². The lowest BCUT2D eigenvalue weighted by atomic mass is 9.95. The maximum absolute atomic E-state index is 12.7. The number of aryl methyl sites for hydroxylation is 1. The highest BCUT2D eigenvalue weighted by Crippen LogP contribution is 2.38. The number of hydrogen-bond donors (Lipinski definition) is 1. The highest BCUT2D eigenvalue weighted by molar-refractivity contribution is 7.90. The Hall–Kier alpha value is -2.19. The van der Waals surface area contributed by atoms with Gasteiger partial charge in [0.05, 0.1) is 17.1 Å². The van der Waals surface area contributed by atoms with Gasteiger partial charge in [-0.3, -0.25) is 4.79 Å². The number of rotatable bonds is 5. The molecular formula is C19H21NO5S2. The zero-order valence-corrected chi connectivity index (χ0v) is 16.8. The molecule has 144 valence electrons. The van der Waals surface area contributed by atoms with Gasteiger partial charge in [0.25, 0.3) is 5.91 Å². The van der Waals surface area contributed by atoms with Crippen LogP contribution in [0.2, 0.25) is 0 Å². The van der Waals surface area contributed by atoms with E-state index in [1.165, 1.54) is 29.5 Å². The van der Waals surface area contributed by atoms with Crippen LogP contribution in [0.25, 0.3) is 0 Å². The first-order valence-corrected chi connectivity index (χ1v) is 11.4. The van der Waals surface area contributed by atoms with Gasteiger partial charge in [0, 0.05) is 16.7 Å². The van der Waals surface area contributed by atoms with E-state index in [0.717, 1.165) is 42.4 Å². The first kappa shape index (κ1) is 19.6. The Morgan fingerprint density at radius 1 is 1.22 bits per heavy atom. The largest absolute Gasteiger partial charge is 0.462 e. The monoisotopic (exact) mass is 407 g/mol. The van der Waals surface area contributed by atoms with Crippen molar-refractivity contribution in [2.24, 2.45) is 0 Å². The average Bonchev–Trinajstić information content (AvgIpc) is 2.99. The van der Waals surface area contributed by atoms with Crippen LogP contribution in [0.3, 0.4) is 0 Å². The lowest BCUT2D eigenvalue weighted by molar-refractivity contribution is 0.0526. The lowest BCUT2D eigenvalue weighted by Gasteiger charge is -2.12. The van der Waals surface area contributed by atoms with Crippen molar-refractivity contribution < 1.29 is 22.7 Å². The first-order chi connectivity index (χ1) is 12.8. The van der Waals surface area contributed by atoms with Crippen LogP contribution in [0, 0.1) is 0 Å². The number of carbonyl (C=O) groups excluding carboxylic acids is 2. The first-order valence-electron chi connectivity index (χ1n) is 8.74. The molecular weight excluding hydrogens is 386 g/mol. The Bertz CT molecular complexity index is 992. The summed E-state index contributed by atoms with van der Waals surface area (Å²) < 4.78 is 28.6. The molecule has 8 heteroatoms. The smallest absolute Gasteiger partial charge is 0.341 e. The van der Waals surface area contributed by atoms with Gasteiger partial charge in [-0.2, -0.15) is 0 Å². The molecule has 1 heterocycles. The quantitative estimate of drug-likeness (QED) is 0.767. The molecule has 0 unspecified atom stereocenters. The zero-order chi connectivity index (χ0) is 19.6. The summed E-state index contributed by atoms with van der Waals surface area (Å²) in [4.78, 5) is 26.3. The van der Waals surface area contributed by atoms with Crippen molar-refractivity contribution in [3.63, 3.8) is 0 Å². The number of sulfone groups is 1. The molecule has 0 saturated heterocycles. The molecule has 0 bridgehead atoms. The predicted molar refractivity (Wildman–Crippen MR) is 104 cm³/mol. The van der Waals surface area contributed by atoms with E-state index in [1.54, 1.807) is 13.0 Å². The third kappa shape index (κ3) is 4.22. The molecule has 1 aromatic carbocycles. The van der Waals surface area contributed by atoms with Gasteiger partial charge in [-0.15, -0.1) is 11.3 Å². The van der Waals surface area contributed by atoms with Gasteiger partial charge in [-0.25, -0.2) is 13.2 Å². The minimum atomic E-state index is -3.41. The van der Waals surface area contributed by atoms with E-state index in [0.29, 0.717) is 10.6 Å². The molecule has 0 spiro atoms. The molecule has 2 aromatic rings. The molecule has 27 heavy (non-hydrogen) atoms. The minimum absolute atomic E-state index is 0.0752. The number of carbonyl (C=O) groups is 2. The summed E-state index contributed by atoms with van der Waals surface area (Å²) >= 11 is 1.40. The predicted octanol–water partition coefficient (Wildman–Crippen LogP) is 3.46. The SMILES string of the molecule is CCOC(=O)c1c(NC(=O)c2cccc(S(C)(=O)=O)c2)sc2c1CCCC2. The standard InChI is InChI=1S/C19H21NO5S2/c1-3-25-19(22)16-14-9-4-5-10-15(14)26-18(16)20-17(21)12-7-6-8-13(11-12)27(2,23)24/h6-8,11H,3-5,9-10H2,1-2H3,(H,20,21). The van der Waals surface area contributed by atoms with E-state index in [2.05, 4.69) is 5.32 Å². The number of fused-ring (bicyclic) bond motifs is 1. The molecule has 1 aromatic heterocycles. The third-order valence-electron chi connectivity index (χ3n) is 4.40. The Labute approximate surface area is 162 Å². The van der Waals surface area contributed by atoms with Crippen molar-refractivity contribution in [2.75, 3.05) is 18.2 Å². The molecule has 6 nitrogen and oxygen atoms in total. The number of benzene rings is 1. The van der Waals surface area contributed by atoms with Crippen molar-refractivity contribution in [3.8, 4) is 0 Å². The van der Waals surface area contributed by atoms with Gasteiger partial charge < -0.3 is 10.1 Å². The number of esters is 1. The number of nitrogens with one attached hydrogen (secondary N) is 1. The Morgan fingerprint density at radius 2 is 1.96 bits per heavy atom. The molecule has 3 rings (SSSR count). The second kappa shape index (κ2) is 7.82. The van der Waals surface area contributed by atoms with E-state index in [-0.39, 0.29) is 17.1 Å². The number of anilines is 1. The molecule has 1 amide bonds. The Morgan fingerprint density at radius 3 is 2.67 bits per heavy atom. The van der Waals surface area contributed by atoms with Crippen LogP contribution in [0.4, 0.5) is 5.00 Å². The maximum Gasteiger partial charge on any atom is 0.341 e. The van der Waals surface area contributed by atoms with Crippen LogP contribution in [-0.4, -0.2) is 33.2 Å². The highest BCUT2D eigenvalue weighted by Gasteiger charge is 2.27. The minimum Gasteiger partial charge on any atom is -0.462 e. The summed E-state index contributed by atoms with van der Waals surface area (Å²) in [5.74, 6) is -0.887. The van der Waals surface area contributed by atoms with Gasteiger partial charge >= 0.3 is 5.97 Å².